The van der Waals surface area contributed by atoms with Crippen molar-refractivity contribution < 1.29 is 0 Å². The predicted octanol–water partition coefficient (Wildman–Crippen LogP) is 4.36. The summed E-state index contributed by atoms with van der Waals surface area (Å²) >= 11 is 0. The molecule has 0 aliphatic heterocycles. The first-order valence-corrected chi connectivity index (χ1v) is 4.14. The third-order valence-electron chi connectivity index (χ3n) is 1.75. The summed E-state index contributed by atoms with van der Waals surface area (Å²) in [6.07, 6.45) is 4.91. The van der Waals surface area contributed by atoms with Gasteiger partial charge in [0.2, 0.25) is 0 Å². The van der Waals surface area contributed by atoms with Gasteiger partial charge in [0.1, 0.15) is 0 Å². The molecule has 0 aromatic rings. The molecule has 0 rings (SSSR count). The van der Waals surface area contributed by atoms with E-state index < -0.39 is 0 Å². The van der Waals surface area contributed by atoms with E-state index in [9.17, 15) is 0 Å². The van der Waals surface area contributed by atoms with Crippen molar-refractivity contribution in [3.05, 3.63) is 36.5 Å². The summed E-state index contributed by atoms with van der Waals surface area (Å²) < 4.78 is 0. The highest BCUT2D eigenvalue weighted by molar-refractivity contribution is 5.32. The largest absolute Gasteiger partial charge is 0.0991 e. The third kappa shape index (κ3) is 4.17. The van der Waals surface area contributed by atoms with Crippen molar-refractivity contribution in [3.8, 4) is 0 Å². The van der Waals surface area contributed by atoms with E-state index in [0.29, 0.717) is 5.92 Å². The Morgan fingerprint density at radius 1 is 1.42 bits per heavy atom. The van der Waals surface area contributed by atoms with E-state index >= 15 is 0 Å². The quantitative estimate of drug-likeness (QED) is 0.544. The fraction of sp³-hybridized carbons (Fsp3) is 0.500. The van der Waals surface area contributed by atoms with Crippen LogP contribution >= 0.6 is 0 Å². The van der Waals surface area contributed by atoms with Crippen LogP contribution in [0.5, 0.6) is 0 Å². The zero-order valence-corrected chi connectivity index (χ0v) is 7.85. The molecule has 0 atom stereocenters. The summed E-state index contributed by atoms with van der Waals surface area (Å²) in [6, 6.07) is 0. The van der Waals surface area contributed by atoms with E-state index in [0.717, 1.165) is 6.42 Å². The van der Waals surface area contributed by atoms with Crippen LogP contribution in [0.2, 0.25) is 0 Å². The molecule has 0 heterocycles. The van der Waals surface area contributed by atoms with Gasteiger partial charge in [-0.05, 0) is 17.9 Å². The Kier molecular flexibility index (Phi) is 7.93. The van der Waals surface area contributed by atoms with Crippen molar-refractivity contribution in [1.29, 1.82) is 0 Å². The van der Waals surface area contributed by atoms with Crippen LogP contribution < -0.4 is 0 Å². The average Bonchev–Trinajstić information content (AvgIpc) is 1.98. The van der Waals surface area contributed by atoms with Crippen molar-refractivity contribution in [2.45, 2.75) is 34.6 Å². The second-order valence-electron chi connectivity index (χ2n) is 2.97. The highest BCUT2D eigenvalue weighted by atomic mass is 14.1. The van der Waals surface area contributed by atoms with Crippen LogP contribution in [-0.2, 0) is 0 Å². The smallest absolute Gasteiger partial charge is 0.0216 e. The first-order valence-electron chi connectivity index (χ1n) is 4.14. The minimum atomic E-state index is 0. The Bertz CT molecular complexity index is 170. The second kappa shape index (κ2) is 6.90. The van der Waals surface area contributed by atoms with Crippen molar-refractivity contribution in [2.24, 2.45) is 5.92 Å². The first kappa shape index (κ1) is 13.8. The van der Waals surface area contributed by atoms with Crippen molar-refractivity contribution in [3.63, 3.8) is 0 Å². The fourth-order valence-electron chi connectivity index (χ4n) is 1.05. The molecule has 0 fully saturated rings. The molecule has 0 saturated heterocycles. The number of hydrogen-bond acceptors (Lipinski definition) is 0. The van der Waals surface area contributed by atoms with Gasteiger partial charge in [-0.25, -0.2) is 0 Å². The van der Waals surface area contributed by atoms with Crippen molar-refractivity contribution in [1.82, 2.24) is 0 Å². The van der Waals surface area contributed by atoms with Gasteiger partial charge in [0, 0.05) is 0 Å². The predicted molar refractivity (Wildman–Crippen MR) is 59.3 cm³/mol. The van der Waals surface area contributed by atoms with Crippen LogP contribution in [0.3, 0.4) is 0 Å². The molecule has 0 heteroatoms. The maximum Gasteiger partial charge on any atom is -0.0216 e. The molecule has 0 N–H and O–H groups in total. The molecule has 0 saturated carbocycles. The normalized spacial score (nSPS) is 10.8. The van der Waals surface area contributed by atoms with Crippen LogP contribution in [-0.4, -0.2) is 0 Å². The lowest BCUT2D eigenvalue weighted by Gasteiger charge is -2.11. The van der Waals surface area contributed by atoms with Crippen LogP contribution in [0.25, 0.3) is 0 Å². The summed E-state index contributed by atoms with van der Waals surface area (Å²) in [4.78, 5) is 0. The molecule has 70 valence electrons. The van der Waals surface area contributed by atoms with Gasteiger partial charge in [-0.2, -0.15) is 0 Å². The van der Waals surface area contributed by atoms with Crippen LogP contribution in [0.15, 0.2) is 36.5 Å². The van der Waals surface area contributed by atoms with Gasteiger partial charge >= 0.3 is 0 Å². The first-order chi connectivity index (χ1) is 5.13. The van der Waals surface area contributed by atoms with E-state index in [1.807, 2.05) is 6.08 Å². The molecule has 12 heavy (non-hydrogen) atoms. The Labute approximate surface area is 77.7 Å². The maximum absolute atomic E-state index is 4.00. The Morgan fingerprint density at radius 2 is 1.92 bits per heavy atom. The summed E-state index contributed by atoms with van der Waals surface area (Å²) in [5.41, 5.74) is 2.54. The molecule has 0 aliphatic rings. The molecule has 0 spiro atoms. The minimum absolute atomic E-state index is 0. The van der Waals surface area contributed by atoms with Gasteiger partial charge in [-0.15, -0.1) is 0 Å². The Morgan fingerprint density at radius 3 is 2.17 bits per heavy atom. The van der Waals surface area contributed by atoms with Gasteiger partial charge in [0.25, 0.3) is 0 Å². The SMILES string of the molecule is C.C=C/C=C(\C(=C)CC)C(C)C. The van der Waals surface area contributed by atoms with Gasteiger partial charge in [0.15, 0.2) is 0 Å². The number of allylic oxidation sites excluding steroid dienone is 4. The molecule has 0 nitrogen and oxygen atoms in total. The van der Waals surface area contributed by atoms with E-state index in [4.69, 9.17) is 0 Å². The maximum atomic E-state index is 4.00. The van der Waals surface area contributed by atoms with E-state index in [1.165, 1.54) is 11.1 Å². The minimum Gasteiger partial charge on any atom is -0.0991 e. The van der Waals surface area contributed by atoms with Crippen LogP contribution in [0.4, 0.5) is 0 Å². The second-order valence-corrected chi connectivity index (χ2v) is 2.97. The van der Waals surface area contributed by atoms with E-state index in [-0.39, 0.29) is 7.43 Å². The zero-order valence-electron chi connectivity index (χ0n) is 7.85. The fourth-order valence-corrected chi connectivity index (χ4v) is 1.05. The average molecular weight is 166 g/mol. The highest BCUT2D eigenvalue weighted by Crippen LogP contribution is 2.20. The monoisotopic (exact) mass is 166 g/mol. The van der Waals surface area contributed by atoms with E-state index in [2.05, 4.69) is 40.0 Å². The summed E-state index contributed by atoms with van der Waals surface area (Å²) in [7, 11) is 0. The molecule has 0 amide bonds. The topological polar surface area (TPSA) is 0 Å². The molecule has 0 aliphatic carbocycles. The lowest BCUT2D eigenvalue weighted by Crippen LogP contribution is -1.95. The zero-order chi connectivity index (χ0) is 8.85. The summed E-state index contributed by atoms with van der Waals surface area (Å²) in [5.74, 6) is 0.556. The lowest BCUT2D eigenvalue weighted by molar-refractivity contribution is 0.768. The molecular weight excluding hydrogens is 144 g/mol. The molecule has 0 radical (unpaired) electrons. The van der Waals surface area contributed by atoms with Crippen LogP contribution in [0.1, 0.15) is 34.6 Å². The number of hydrogen-bond donors (Lipinski definition) is 0. The standard InChI is InChI=1S/C11H18.CH4/c1-6-8-11(9(3)4)10(5)7-2;/h6,8-9H,1,5,7H2,2-4H3;1H4/b11-8-;. The Hall–Kier alpha value is -0.780. The van der Waals surface area contributed by atoms with Crippen LogP contribution in [0, 0.1) is 5.92 Å². The van der Waals surface area contributed by atoms with Crippen molar-refractivity contribution >= 4 is 0 Å². The third-order valence-corrected chi connectivity index (χ3v) is 1.75. The molecule has 0 unspecified atom stereocenters. The number of rotatable bonds is 4. The van der Waals surface area contributed by atoms with Crippen molar-refractivity contribution in [2.75, 3.05) is 0 Å². The Balaban J connectivity index is 0. The lowest BCUT2D eigenvalue weighted by atomic mass is 9.94. The summed E-state index contributed by atoms with van der Waals surface area (Å²) in [6.45, 7) is 14.2. The molecular formula is C12H22. The highest BCUT2D eigenvalue weighted by Gasteiger charge is 2.03. The van der Waals surface area contributed by atoms with Gasteiger partial charge in [-0.3, -0.25) is 0 Å². The summed E-state index contributed by atoms with van der Waals surface area (Å²) in [5, 5.41) is 0. The molecule has 0 aromatic carbocycles. The molecule has 0 bridgehead atoms. The van der Waals surface area contributed by atoms with Gasteiger partial charge < -0.3 is 0 Å². The van der Waals surface area contributed by atoms with Gasteiger partial charge in [-0.1, -0.05) is 59.1 Å². The van der Waals surface area contributed by atoms with Gasteiger partial charge in [0.05, 0.1) is 0 Å². The van der Waals surface area contributed by atoms with E-state index in [1.54, 1.807) is 0 Å². The molecule has 0 aromatic heterocycles.